The van der Waals surface area contributed by atoms with Crippen LogP contribution in [0.3, 0.4) is 0 Å². The second-order valence-electron chi connectivity index (χ2n) is 5.93. The van der Waals surface area contributed by atoms with E-state index in [9.17, 15) is 4.39 Å². The molecule has 2 rings (SSSR count). The van der Waals surface area contributed by atoms with Crippen LogP contribution >= 0.6 is 0 Å². The molecule has 1 atom stereocenters. The van der Waals surface area contributed by atoms with Crippen LogP contribution in [0.25, 0.3) is 0 Å². The van der Waals surface area contributed by atoms with Gasteiger partial charge in [-0.2, -0.15) is 0 Å². The normalized spacial score (nSPS) is 18.7. The fraction of sp³-hybridized carbons (Fsp3) is 0.647. The summed E-state index contributed by atoms with van der Waals surface area (Å²) < 4.78 is 19.8. The number of ether oxygens (including phenoxy) is 1. The Bertz CT molecular complexity index is 433. The highest BCUT2D eigenvalue weighted by Gasteiger charge is 2.17. The SMILES string of the molecule is CCCNCc1ccc(N(C)CC2CCCOC2)c(F)c1. The summed E-state index contributed by atoms with van der Waals surface area (Å²) in [6, 6.07) is 5.54. The summed E-state index contributed by atoms with van der Waals surface area (Å²) in [6.45, 7) is 6.33. The zero-order valence-corrected chi connectivity index (χ0v) is 13.2. The van der Waals surface area contributed by atoms with Crippen molar-refractivity contribution >= 4 is 5.69 Å². The molecule has 0 aliphatic carbocycles. The van der Waals surface area contributed by atoms with Crippen molar-refractivity contribution in [2.75, 3.05) is 38.3 Å². The Hall–Kier alpha value is -1.13. The average Bonchev–Trinajstić information content (AvgIpc) is 2.48. The highest BCUT2D eigenvalue weighted by Crippen LogP contribution is 2.22. The van der Waals surface area contributed by atoms with E-state index in [1.807, 2.05) is 24.1 Å². The van der Waals surface area contributed by atoms with Gasteiger partial charge in [-0.3, -0.25) is 0 Å². The van der Waals surface area contributed by atoms with E-state index in [4.69, 9.17) is 4.74 Å². The van der Waals surface area contributed by atoms with E-state index in [1.54, 1.807) is 6.07 Å². The quantitative estimate of drug-likeness (QED) is 0.782. The summed E-state index contributed by atoms with van der Waals surface area (Å²) in [6.07, 6.45) is 3.38. The van der Waals surface area contributed by atoms with Crippen LogP contribution in [0.2, 0.25) is 0 Å². The van der Waals surface area contributed by atoms with E-state index in [-0.39, 0.29) is 5.82 Å². The summed E-state index contributed by atoms with van der Waals surface area (Å²) in [7, 11) is 1.96. The molecule has 0 aromatic heterocycles. The van der Waals surface area contributed by atoms with E-state index >= 15 is 0 Å². The first-order chi connectivity index (χ1) is 10.2. The topological polar surface area (TPSA) is 24.5 Å². The van der Waals surface area contributed by atoms with Crippen molar-refractivity contribution in [1.29, 1.82) is 0 Å². The molecular weight excluding hydrogens is 267 g/mol. The van der Waals surface area contributed by atoms with Crippen molar-refractivity contribution in [3.05, 3.63) is 29.6 Å². The van der Waals surface area contributed by atoms with Gasteiger partial charge < -0.3 is 15.0 Å². The Morgan fingerprint density at radius 1 is 1.43 bits per heavy atom. The van der Waals surface area contributed by atoms with Crippen LogP contribution in [0.15, 0.2) is 18.2 Å². The van der Waals surface area contributed by atoms with E-state index in [0.29, 0.717) is 11.6 Å². The molecule has 118 valence electrons. The second kappa shape index (κ2) is 8.35. The van der Waals surface area contributed by atoms with Gasteiger partial charge in [0.2, 0.25) is 0 Å². The van der Waals surface area contributed by atoms with Gasteiger partial charge in [-0.25, -0.2) is 4.39 Å². The van der Waals surface area contributed by atoms with Gasteiger partial charge in [0.1, 0.15) is 5.82 Å². The number of rotatable bonds is 7. The minimum absolute atomic E-state index is 0.134. The molecule has 1 saturated heterocycles. The maximum Gasteiger partial charge on any atom is 0.146 e. The molecule has 1 N–H and O–H groups in total. The number of hydrogen-bond acceptors (Lipinski definition) is 3. The molecule has 0 bridgehead atoms. The molecule has 0 spiro atoms. The first kappa shape index (κ1) is 16.2. The fourth-order valence-electron chi connectivity index (χ4n) is 2.82. The lowest BCUT2D eigenvalue weighted by Gasteiger charge is -2.28. The lowest BCUT2D eigenvalue weighted by Crippen LogP contribution is -2.31. The van der Waals surface area contributed by atoms with Crippen molar-refractivity contribution in [2.45, 2.75) is 32.7 Å². The summed E-state index contributed by atoms with van der Waals surface area (Å²) >= 11 is 0. The Labute approximate surface area is 127 Å². The molecule has 1 aromatic rings. The summed E-state index contributed by atoms with van der Waals surface area (Å²) in [5.41, 5.74) is 1.68. The van der Waals surface area contributed by atoms with Crippen molar-refractivity contribution in [3.8, 4) is 0 Å². The number of anilines is 1. The maximum absolute atomic E-state index is 14.3. The summed E-state index contributed by atoms with van der Waals surface area (Å²) in [5.74, 6) is 0.374. The van der Waals surface area contributed by atoms with Gasteiger partial charge in [0.05, 0.1) is 12.3 Å². The largest absolute Gasteiger partial charge is 0.381 e. The van der Waals surface area contributed by atoms with Crippen LogP contribution in [0.5, 0.6) is 0 Å². The van der Waals surface area contributed by atoms with Crippen LogP contribution < -0.4 is 10.2 Å². The lowest BCUT2D eigenvalue weighted by molar-refractivity contribution is 0.0576. The lowest BCUT2D eigenvalue weighted by atomic mass is 10.0. The number of hydrogen-bond donors (Lipinski definition) is 1. The number of benzene rings is 1. The van der Waals surface area contributed by atoms with Crippen LogP contribution in [-0.2, 0) is 11.3 Å². The van der Waals surface area contributed by atoms with Gasteiger partial charge in [-0.1, -0.05) is 13.0 Å². The van der Waals surface area contributed by atoms with Gasteiger partial charge in [-0.05, 0) is 49.4 Å². The molecule has 0 radical (unpaired) electrons. The number of nitrogens with zero attached hydrogens (tertiary/aromatic N) is 1. The molecule has 1 aromatic carbocycles. The third-order valence-electron chi connectivity index (χ3n) is 3.97. The molecule has 1 aliphatic rings. The predicted octanol–water partition coefficient (Wildman–Crippen LogP) is 3.19. The third-order valence-corrected chi connectivity index (χ3v) is 3.97. The van der Waals surface area contributed by atoms with Gasteiger partial charge >= 0.3 is 0 Å². The Morgan fingerprint density at radius 3 is 2.95 bits per heavy atom. The highest BCUT2D eigenvalue weighted by atomic mass is 19.1. The van der Waals surface area contributed by atoms with E-state index in [1.165, 1.54) is 6.42 Å². The number of nitrogens with one attached hydrogen (secondary N) is 1. The zero-order valence-electron chi connectivity index (χ0n) is 13.2. The monoisotopic (exact) mass is 294 g/mol. The Kier molecular flexibility index (Phi) is 6.46. The van der Waals surface area contributed by atoms with E-state index in [0.717, 1.165) is 51.3 Å². The Morgan fingerprint density at radius 2 is 2.29 bits per heavy atom. The van der Waals surface area contributed by atoms with Crippen molar-refractivity contribution in [1.82, 2.24) is 5.32 Å². The fourth-order valence-corrected chi connectivity index (χ4v) is 2.82. The van der Waals surface area contributed by atoms with Crippen LogP contribution in [-0.4, -0.2) is 33.4 Å². The molecule has 1 aliphatic heterocycles. The van der Waals surface area contributed by atoms with E-state index < -0.39 is 0 Å². The van der Waals surface area contributed by atoms with E-state index in [2.05, 4.69) is 12.2 Å². The molecule has 21 heavy (non-hydrogen) atoms. The average molecular weight is 294 g/mol. The summed E-state index contributed by atoms with van der Waals surface area (Å²) in [4.78, 5) is 2.01. The number of halogens is 1. The molecule has 0 saturated carbocycles. The molecular formula is C17H27FN2O. The van der Waals surface area contributed by atoms with Crippen molar-refractivity contribution < 1.29 is 9.13 Å². The first-order valence-electron chi connectivity index (χ1n) is 7.98. The van der Waals surface area contributed by atoms with Gasteiger partial charge in [0.25, 0.3) is 0 Å². The summed E-state index contributed by atoms with van der Waals surface area (Å²) in [5, 5.41) is 3.30. The molecule has 3 nitrogen and oxygen atoms in total. The van der Waals surface area contributed by atoms with Crippen LogP contribution in [0, 0.1) is 11.7 Å². The maximum atomic E-state index is 14.3. The Balaban J connectivity index is 1.92. The standard InChI is InChI=1S/C17H27FN2O/c1-3-8-19-11-14-6-7-17(16(18)10-14)20(2)12-15-5-4-9-21-13-15/h6-7,10,15,19H,3-5,8-9,11-13H2,1-2H3. The molecule has 0 amide bonds. The van der Waals surface area contributed by atoms with Crippen LogP contribution in [0.1, 0.15) is 31.7 Å². The first-order valence-corrected chi connectivity index (χ1v) is 7.98. The zero-order chi connectivity index (χ0) is 15.1. The molecule has 1 heterocycles. The van der Waals surface area contributed by atoms with Gasteiger partial charge in [0, 0.05) is 26.7 Å². The van der Waals surface area contributed by atoms with Crippen LogP contribution in [0.4, 0.5) is 10.1 Å². The minimum Gasteiger partial charge on any atom is -0.381 e. The third kappa shape index (κ3) is 4.97. The van der Waals surface area contributed by atoms with Gasteiger partial charge in [-0.15, -0.1) is 0 Å². The molecule has 4 heteroatoms. The highest BCUT2D eigenvalue weighted by molar-refractivity contribution is 5.48. The van der Waals surface area contributed by atoms with Crippen molar-refractivity contribution in [2.24, 2.45) is 5.92 Å². The predicted molar refractivity (Wildman–Crippen MR) is 85.2 cm³/mol. The van der Waals surface area contributed by atoms with Gasteiger partial charge in [0.15, 0.2) is 0 Å². The van der Waals surface area contributed by atoms with Crippen molar-refractivity contribution in [3.63, 3.8) is 0 Å². The smallest absolute Gasteiger partial charge is 0.146 e. The molecule has 1 fully saturated rings. The minimum atomic E-state index is -0.134. The second-order valence-corrected chi connectivity index (χ2v) is 5.93. The molecule has 1 unspecified atom stereocenters.